The molecule has 2 amide bonds. The van der Waals surface area contributed by atoms with E-state index in [1.807, 2.05) is 6.07 Å². The molecule has 0 spiro atoms. The average molecular weight is 412 g/mol. The first kappa shape index (κ1) is 21.1. The molecule has 1 aliphatic heterocycles. The molecule has 2 heterocycles. The smallest absolute Gasteiger partial charge is 0.342 e. The van der Waals surface area contributed by atoms with E-state index < -0.39 is 24.0 Å². The van der Waals surface area contributed by atoms with Crippen molar-refractivity contribution in [3.8, 4) is 0 Å². The number of aryl methyl sites for hydroxylation is 2. The SMILES string of the molecule is CCOC(=O)C1=C(COC(=O)c2c(C)nn(C)c2C)NC(=O)NC1c1ccccc1. The number of nitrogens with one attached hydrogen (secondary N) is 2. The molecule has 1 aromatic carbocycles. The molecule has 1 aliphatic rings. The fourth-order valence-electron chi connectivity index (χ4n) is 3.36. The predicted molar refractivity (Wildman–Crippen MR) is 107 cm³/mol. The van der Waals surface area contributed by atoms with E-state index >= 15 is 0 Å². The summed E-state index contributed by atoms with van der Waals surface area (Å²) >= 11 is 0. The first-order chi connectivity index (χ1) is 14.3. The van der Waals surface area contributed by atoms with E-state index in [-0.39, 0.29) is 24.5 Å². The van der Waals surface area contributed by atoms with Gasteiger partial charge in [0.25, 0.3) is 0 Å². The van der Waals surface area contributed by atoms with E-state index in [2.05, 4.69) is 15.7 Å². The maximum atomic E-state index is 12.7. The molecule has 1 aromatic heterocycles. The number of amides is 2. The van der Waals surface area contributed by atoms with Crippen LogP contribution in [0.2, 0.25) is 0 Å². The second-order valence-electron chi connectivity index (χ2n) is 6.80. The Morgan fingerprint density at radius 2 is 1.83 bits per heavy atom. The van der Waals surface area contributed by atoms with Gasteiger partial charge in [-0.2, -0.15) is 5.10 Å². The monoisotopic (exact) mass is 412 g/mol. The van der Waals surface area contributed by atoms with Gasteiger partial charge in [0.1, 0.15) is 12.2 Å². The molecule has 0 fully saturated rings. The molecular formula is C21H24N4O5. The number of urea groups is 1. The molecule has 30 heavy (non-hydrogen) atoms. The van der Waals surface area contributed by atoms with Crippen molar-refractivity contribution in [1.29, 1.82) is 0 Å². The van der Waals surface area contributed by atoms with Crippen molar-refractivity contribution < 1.29 is 23.9 Å². The normalized spacial score (nSPS) is 16.0. The maximum absolute atomic E-state index is 12.7. The van der Waals surface area contributed by atoms with E-state index in [1.54, 1.807) is 56.8 Å². The standard InChI is InChI=1S/C21H24N4O5/c1-5-29-20(27)17-15(11-30-19(26)16-12(2)24-25(4)13(16)3)22-21(28)23-18(17)14-9-7-6-8-10-14/h6-10,18H,5,11H2,1-4H3,(H2,22,23,28). The summed E-state index contributed by atoms with van der Waals surface area (Å²) in [5.41, 5.74) is 2.63. The second-order valence-corrected chi connectivity index (χ2v) is 6.80. The molecule has 9 nitrogen and oxygen atoms in total. The summed E-state index contributed by atoms with van der Waals surface area (Å²) in [4.78, 5) is 37.6. The summed E-state index contributed by atoms with van der Waals surface area (Å²) in [5.74, 6) is -1.18. The zero-order valence-corrected chi connectivity index (χ0v) is 17.3. The van der Waals surface area contributed by atoms with Crippen molar-refractivity contribution in [3.63, 3.8) is 0 Å². The first-order valence-electron chi connectivity index (χ1n) is 9.53. The summed E-state index contributed by atoms with van der Waals surface area (Å²) in [5, 5.41) is 9.52. The van der Waals surface area contributed by atoms with Crippen LogP contribution in [0.4, 0.5) is 4.79 Å². The highest BCUT2D eigenvalue weighted by Crippen LogP contribution is 2.28. The van der Waals surface area contributed by atoms with Crippen molar-refractivity contribution in [2.24, 2.45) is 7.05 Å². The number of ether oxygens (including phenoxy) is 2. The van der Waals surface area contributed by atoms with E-state index in [1.165, 1.54) is 0 Å². The van der Waals surface area contributed by atoms with Crippen LogP contribution in [0.15, 0.2) is 41.6 Å². The number of hydrogen-bond acceptors (Lipinski definition) is 6. The van der Waals surface area contributed by atoms with Crippen LogP contribution in [-0.2, 0) is 21.3 Å². The van der Waals surface area contributed by atoms with Gasteiger partial charge in [-0.25, -0.2) is 14.4 Å². The van der Waals surface area contributed by atoms with Crippen molar-refractivity contribution in [1.82, 2.24) is 20.4 Å². The van der Waals surface area contributed by atoms with Gasteiger partial charge in [0, 0.05) is 12.7 Å². The van der Waals surface area contributed by atoms with Crippen LogP contribution >= 0.6 is 0 Å². The highest BCUT2D eigenvalue weighted by molar-refractivity contribution is 5.96. The molecule has 158 valence electrons. The molecular weight excluding hydrogens is 388 g/mol. The lowest BCUT2D eigenvalue weighted by atomic mass is 9.95. The lowest BCUT2D eigenvalue weighted by Gasteiger charge is -2.29. The minimum absolute atomic E-state index is 0.166. The van der Waals surface area contributed by atoms with Gasteiger partial charge in [-0.1, -0.05) is 30.3 Å². The number of carbonyl (C=O) groups is 3. The Morgan fingerprint density at radius 1 is 1.13 bits per heavy atom. The van der Waals surface area contributed by atoms with Crippen molar-refractivity contribution >= 4 is 18.0 Å². The number of nitrogens with zero attached hydrogens (tertiary/aromatic N) is 2. The molecule has 0 aliphatic carbocycles. The Bertz CT molecular complexity index is 1010. The van der Waals surface area contributed by atoms with E-state index in [0.29, 0.717) is 22.5 Å². The Labute approximate surface area is 174 Å². The van der Waals surface area contributed by atoms with Gasteiger partial charge in [-0.3, -0.25) is 4.68 Å². The zero-order chi connectivity index (χ0) is 21.8. The molecule has 1 unspecified atom stereocenters. The van der Waals surface area contributed by atoms with Gasteiger partial charge in [-0.15, -0.1) is 0 Å². The Morgan fingerprint density at radius 3 is 2.43 bits per heavy atom. The number of benzene rings is 1. The number of esters is 2. The van der Waals surface area contributed by atoms with Crippen molar-refractivity contribution in [3.05, 3.63) is 64.1 Å². The summed E-state index contributed by atoms with van der Waals surface area (Å²) < 4.78 is 12.2. The van der Waals surface area contributed by atoms with Crippen LogP contribution in [0.3, 0.4) is 0 Å². The average Bonchev–Trinajstić information content (AvgIpc) is 2.98. The number of carbonyl (C=O) groups excluding carboxylic acids is 3. The van der Waals surface area contributed by atoms with Gasteiger partial charge in [-0.05, 0) is 26.3 Å². The maximum Gasteiger partial charge on any atom is 0.342 e. The minimum atomic E-state index is -0.727. The van der Waals surface area contributed by atoms with Crippen LogP contribution in [0.25, 0.3) is 0 Å². The molecule has 9 heteroatoms. The van der Waals surface area contributed by atoms with Gasteiger partial charge >= 0.3 is 18.0 Å². The number of hydrogen-bond donors (Lipinski definition) is 2. The predicted octanol–water partition coefficient (Wildman–Crippen LogP) is 2.07. The first-order valence-corrected chi connectivity index (χ1v) is 9.53. The molecule has 2 aromatic rings. The lowest BCUT2D eigenvalue weighted by molar-refractivity contribution is -0.139. The van der Waals surface area contributed by atoms with Crippen LogP contribution in [0.1, 0.15) is 40.3 Å². The minimum Gasteiger partial charge on any atom is -0.463 e. The summed E-state index contributed by atoms with van der Waals surface area (Å²) in [6.45, 7) is 5.04. The van der Waals surface area contributed by atoms with Gasteiger partial charge in [0.05, 0.1) is 29.6 Å². The van der Waals surface area contributed by atoms with Crippen LogP contribution < -0.4 is 10.6 Å². The van der Waals surface area contributed by atoms with Crippen LogP contribution in [0, 0.1) is 13.8 Å². The lowest BCUT2D eigenvalue weighted by Crippen LogP contribution is -2.47. The summed E-state index contributed by atoms with van der Waals surface area (Å²) in [6.07, 6.45) is 0. The molecule has 0 saturated carbocycles. The third kappa shape index (κ3) is 4.19. The number of rotatable bonds is 6. The van der Waals surface area contributed by atoms with Gasteiger partial charge < -0.3 is 20.1 Å². The Kier molecular flexibility index (Phi) is 6.20. The van der Waals surface area contributed by atoms with Gasteiger partial charge in [0.15, 0.2) is 0 Å². The molecule has 2 N–H and O–H groups in total. The Hall–Kier alpha value is -3.62. The quantitative estimate of drug-likeness (QED) is 0.703. The van der Waals surface area contributed by atoms with Gasteiger partial charge in [0.2, 0.25) is 0 Å². The largest absolute Gasteiger partial charge is 0.463 e. The third-order valence-electron chi connectivity index (χ3n) is 4.84. The van der Waals surface area contributed by atoms with E-state index in [4.69, 9.17) is 9.47 Å². The number of aromatic nitrogens is 2. The molecule has 0 bridgehead atoms. The molecule has 0 radical (unpaired) electrons. The van der Waals surface area contributed by atoms with Crippen LogP contribution in [0.5, 0.6) is 0 Å². The molecule has 3 rings (SSSR count). The zero-order valence-electron chi connectivity index (χ0n) is 17.3. The fraction of sp³-hybridized carbons (Fsp3) is 0.333. The summed E-state index contributed by atoms with van der Waals surface area (Å²) in [7, 11) is 1.73. The van der Waals surface area contributed by atoms with E-state index in [9.17, 15) is 14.4 Å². The fourth-order valence-corrected chi connectivity index (χ4v) is 3.36. The highest BCUT2D eigenvalue weighted by atomic mass is 16.5. The third-order valence-corrected chi connectivity index (χ3v) is 4.84. The highest BCUT2D eigenvalue weighted by Gasteiger charge is 2.34. The Balaban J connectivity index is 1.94. The molecule has 0 saturated heterocycles. The van der Waals surface area contributed by atoms with E-state index in [0.717, 1.165) is 0 Å². The van der Waals surface area contributed by atoms with Crippen molar-refractivity contribution in [2.45, 2.75) is 26.8 Å². The topological polar surface area (TPSA) is 112 Å². The molecule has 1 atom stereocenters. The van der Waals surface area contributed by atoms with Crippen LogP contribution in [-0.4, -0.2) is 41.0 Å². The summed E-state index contributed by atoms with van der Waals surface area (Å²) in [6, 6.07) is 7.80. The second kappa shape index (κ2) is 8.81. The van der Waals surface area contributed by atoms with Crippen molar-refractivity contribution in [2.75, 3.05) is 13.2 Å².